The summed E-state index contributed by atoms with van der Waals surface area (Å²) < 4.78 is 5.63. The number of carbonyl (C=O) groups excluding carboxylic acids is 1. The molecule has 4 nitrogen and oxygen atoms in total. The predicted molar refractivity (Wildman–Crippen MR) is 107 cm³/mol. The van der Waals surface area contributed by atoms with Crippen molar-refractivity contribution in [1.82, 2.24) is 5.32 Å². The molecule has 0 bridgehead atoms. The Labute approximate surface area is 162 Å². The van der Waals surface area contributed by atoms with E-state index in [9.17, 15) is 4.79 Å². The van der Waals surface area contributed by atoms with Crippen LogP contribution in [-0.4, -0.2) is 17.6 Å². The molecule has 0 spiro atoms. The van der Waals surface area contributed by atoms with Crippen molar-refractivity contribution in [2.75, 3.05) is 11.9 Å². The van der Waals surface area contributed by atoms with Crippen LogP contribution in [0.1, 0.15) is 24.2 Å². The lowest BCUT2D eigenvalue weighted by Crippen LogP contribution is -2.34. The van der Waals surface area contributed by atoms with Gasteiger partial charge in [0.05, 0.1) is 6.61 Å². The first-order valence-corrected chi connectivity index (χ1v) is 8.81. The molecule has 0 aliphatic carbocycles. The van der Waals surface area contributed by atoms with Crippen molar-refractivity contribution in [3.05, 3.63) is 58.1 Å². The molecule has 0 heterocycles. The molecule has 0 atom stereocenters. The zero-order chi connectivity index (χ0) is 18.4. The Balaban J connectivity index is 1.98. The third kappa shape index (κ3) is 6.53. The standard InChI is InChI=1S/C18H18Cl2N2O2S/c1-11(2)10-24-16-5-3-4-12(6-16)17(23)22-18(25)21-15-8-13(19)7-14(20)9-15/h3-9,11H,10H2,1-2H3,(H2,21,22,23,25). The molecule has 0 saturated carbocycles. The van der Waals surface area contributed by atoms with Crippen LogP contribution < -0.4 is 15.4 Å². The maximum Gasteiger partial charge on any atom is 0.257 e. The van der Waals surface area contributed by atoms with Gasteiger partial charge in [0.1, 0.15) is 5.75 Å². The average Bonchev–Trinajstić information content (AvgIpc) is 2.52. The largest absolute Gasteiger partial charge is 0.493 e. The smallest absolute Gasteiger partial charge is 0.257 e. The van der Waals surface area contributed by atoms with Crippen LogP contribution in [0.5, 0.6) is 5.75 Å². The lowest BCUT2D eigenvalue weighted by Gasteiger charge is -2.12. The Morgan fingerprint density at radius 3 is 2.48 bits per heavy atom. The first kappa shape index (κ1) is 19.5. The monoisotopic (exact) mass is 396 g/mol. The topological polar surface area (TPSA) is 50.4 Å². The molecule has 2 rings (SSSR count). The molecule has 0 saturated heterocycles. The Morgan fingerprint density at radius 1 is 1.16 bits per heavy atom. The second-order valence-electron chi connectivity index (χ2n) is 5.80. The summed E-state index contributed by atoms with van der Waals surface area (Å²) in [5, 5.41) is 6.59. The lowest BCUT2D eigenvalue weighted by molar-refractivity contribution is 0.0977. The maximum atomic E-state index is 12.3. The van der Waals surface area contributed by atoms with Gasteiger partial charge in [0.25, 0.3) is 5.91 Å². The molecule has 0 aromatic heterocycles. The van der Waals surface area contributed by atoms with E-state index in [1.54, 1.807) is 36.4 Å². The SMILES string of the molecule is CC(C)COc1cccc(C(=O)NC(=S)Nc2cc(Cl)cc(Cl)c2)c1. The number of anilines is 1. The van der Waals surface area contributed by atoms with Crippen LogP contribution in [-0.2, 0) is 0 Å². The summed E-state index contributed by atoms with van der Waals surface area (Å²) in [6.07, 6.45) is 0. The van der Waals surface area contributed by atoms with E-state index in [2.05, 4.69) is 24.5 Å². The summed E-state index contributed by atoms with van der Waals surface area (Å²) in [5.74, 6) is 0.709. The maximum absolute atomic E-state index is 12.3. The highest BCUT2D eigenvalue weighted by Crippen LogP contribution is 2.22. The fourth-order valence-corrected chi connectivity index (χ4v) is 2.69. The predicted octanol–water partition coefficient (Wildman–Crippen LogP) is 5.16. The first-order valence-electron chi connectivity index (χ1n) is 7.65. The van der Waals surface area contributed by atoms with E-state index in [4.69, 9.17) is 40.2 Å². The van der Waals surface area contributed by atoms with Gasteiger partial charge in [0.2, 0.25) is 0 Å². The van der Waals surface area contributed by atoms with E-state index in [-0.39, 0.29) is 11.0 Å². The van der Waals surface area contributed by atoms with E-state index in [0.29, 0.717) is 39.6 Å². The van der Waals surface area contributed by atoms with E-state index in [1.807, 2.05) is 6.07 Å². The summed E-state index contributed by atoms with van der Waals surface area (Å²) in [5.41, 5.74) is 1.05. The molecule has 0 radical (unpaired) electrons. The van der Waals surface area contributed by atoms with Gasteiger partial charge in [-0.25, -0.2) is 0 Å². The summed E-state index contributed by atoms with van der Waals surface area (Å²) in [7, 11) is 0. The molecule has 2 N–H and O–H groups in total. The Kier molecular flexibility index (Phi) is 7.05. The third-order valence-electron chi connectivity index (χ3n) is 3.03. The fourth-order valence-electron chi connectivity index (χ4n) is 1.95. The van der Waals surface area contributed by atoms with E-state index in [1.165, 1.54) is 0 Å². The van der Waals surface area contributed by atoms with E-state index >= 15 is 0 Å². The average molecular weight is 397 g/mol. The normalized spacial score (nSPS) is 10.4. The highest BCUT2D eigenvalue weighted by Gasteiger charge is 2.10. The van der Waals surface area contributed by atoms with Crippen molar-refractivity contribution in [3.63, 3.8) is 0 Å². The summed E-state index contributed by atoms with van der Waals surface area (Å²) >= 11 is 17.0. The number of carbonyl (C=O) groups is 1. The number of nitrogens with one attached hydrogen (secondary N) is 2. The van der Waals surface area contributed by atoms with Gasteiger partial charge >= 0.3 is 0 Å². The minimum atomic E-state index is -0.333. The van der Waals surface area contributed by atoms with Crippen molar-refractivity contribution in [1.29, 1.82) is 0 Å². The molecule has 132 valence electrons. The fraction of sp³-hybridized carbons (Fsp3) is 0.222. The van der Waals surface area contributed by atoms with Gasteiger partial charge in [-0.1, -0.05) is 43.1 Å². The quantitative estimate of drug-likeness (QED) is 0.685. The number of ether oxygens (including phenoxy) is 1. The van der Waals surface area contributed by atoms with Crippen LogP contribution in [0.4, 0.5) is 5.69 Å². The van der Waals surface area contributed by atoms with Gasteiger partial charge < -0.3 is 10.1 Å². The Morgan fingerprint density at radius 2 is 1.84 bits per heavy atom. The molecule has 0 aliphatic rings. The number of hydrogen-bond donors (Lipinski definition) is 2. The third-order valence-corrected chi connectivity index (χ3v) is 3.67. The highest BCUT2D eigenvalue weighted by atomic mass is 35.5. The van der Waals surface area contributed by atoms with Gasteiger partial charge in [0, 0.05) is 21.3 Å². The molecular weight excluding hydrogens is 379 g/mol. The van der Waals surface area contributed by atoms with Crippen molar-refractivity contribution in [2.45, 2.75) is 13.8 Å². The summed E-state index contributed by atoms with van der Waals surface area (Å²) in [6.45, 7) is 4.70. The number of halogens is 2. The molecule has 2 aromatic carbocycles. The molecule has 1 amide bonds. The van der Waals surface area contributed by atoms with Crippen molar-refractivity contribution < 1.29 is 9.53 Å². The molecule has 25 heavy (non-hydrogen) atoms. The number of amides is 1. The minimum absolute atomic E-state index is 0.150. The van der Waals surface area contributed by atoms with Gasteiger partial charge in [-0.05, 0) is 54.5 Å². The van der Waals surface area contributed by atoms with Crippen molar-refractivity contribution in [2.24, 2.45) is 5.92 Å². The molecule has 0 aliphatic heterocycles. The second kappa shape index (κ2) is 9.04. The molecular formula is C18H18Cl2N2O2S. The number of hydrogen-bond acceptors (Lipinski definition) is 3. The van der Waals surface area contributed by atoms with Crippen LogP contribution in [0, 0.1) is 5.92 Å². The second-order valence-corrected chi connectivity index (χ2v) is 7.08. The molecule has 0 fully saturated rings. The zero-order valence-electron chi connectivity index (χ0n) is 13.8. The summed E-state index contributed by atoms with van der Waals surface area (Å²) in [4.78, 5) is 12.3. The van der Waals surface area contributed by atoms with Crippen LogP contribution in [0.15, 0.2) is 42.5 Å². The summed E-state index contributed by atoms with van der Waals surface area (Å²) in [6, 6.07) is 11.9. The number of thiocarbonyl (C=S) groups is 1. The first-order chi connectivity index (χ1) is 11.8. The zero-order valence-corrected chi connectivity index (χ0v) is 16.1. The number of benzene rings is 2. The van der Waals surface area contributed by atoms with Crippen molar-refractivity contribution in [3.8, 4) is 5.75 Å². The van der Waals surface area contributed by atoms with E-state index in [0.717, 1.165) is 0 Å². The van der Waals surface area contributed by atoms with Crippen LogP contribution in [0.25, 0.3) is 0 Å². The minimum Gasteiger partial charge on any atom is -0.493 e. The van der Waals surface area contributed by atoms with Crippen LogP contribution in [0.2, 0.25) is 10.0 Å². The molecule has 2 aromatic rings. The molecule has 0 unspecified atom stereocenters. The van der Waals surface area contributed by atoms with Gasteiger partial charge in [-0.15, -0.1) is 0 Å². The van der Waals surface area contributed by atoms with Gasteiger partial charge in [0.15, 0.2) is 5.11 Å². The van der Waals surface area contributed by atoms with E-state index < -0.39 is 0 Å². The number of rotatable bonds is 5. The highest BCUT2D eigenvalue weighted by molar-refractivity contribution is 7.80. The van der Waals surface area contributed by atoms with Crippen LogP contribution in [0.3, 0.4) is 0 Å². The van der Waals surface area contributed by atoms with Gasteiger partial charge in [-0.3, -0.25) is 10.1 Å². The lowest BCUT2D eigenvalue weighted by atomic mass is 10.2. The van der Waals surface area contributed by atoms with Gasteiger partial charge in [-0.2, -0.15) is 0 Å². The van der Waals surface area contributed by atoms with Crippen LogP contribution >= 0.6 is 35.4 Å². The molecule has 7 heteroatoms. The Bertz CT molecular complexity index is 761. The Hall–Kier alpha value is -1.82. The van der Waals surface area contributed by atoms with Crippen molar-refractivity contribution >= 4 is 52.1 Å².